The van der Waals surface area contributed by atoms with E-state index in [1.807, 2.05) is 19.1 Å². The first-order valence-electron chi connectivity index (χ1n) is 6.60. The molecule has 0 bridgehead atoms. The Hall–Kier alpha value is -1.78. The minimum Gasteiger partial charge on any atom is -0.271 e. The van der Waals surface area contributed by atoms with Crippen molar-refractivity contribution in [2.24, 2.45) is 11.8 Å². The molecular formula is C15H18N4. The summed E-state index contributed by atoms with van der Waals surface area (Å²) in [4.78, 5) is 8.61. The summed E-state index contributed by atoms with van der Waals surface area (Å²) in [6.45, 7) is 1.90. The van der Waals surface area contributed by atoms with Crippen molar-refractivity contribution >= 4 is 0 Å². The first-order chi connectivity index (χ1) is 9.29. The van der Waals surface area contributed by atoms with Crippen molar-refractivity contribution in [3.8, 4) is 0 Å². The highest BCUT2D eigenvalue weighted by atomic mass is 15.2. The van der Waals surface area contributed by atoms with Gasteiger partial charge in [0, 0.05) is 6.20 Å². The van der Waals surface area contributed by atoms with Crippen LogP contribution in [0.25, 0.3) is 0 Å². The minimum atomic E-state index is 0.104. The highest BCUT2D eigenvalue weighted by Gasteiger charge is 2.44. The molecule has 4 nitrogen and oxygen atoms in total. The van der Waals surface area contributed by atoms with Crippen LogP contribution in [0.3, 0.4) is 0 Å². The van der Waals surface area contributed by atoms with Crippen LogP contribution in [0.1, 0.15) is 35.5 Å². The van der Waals surface area contributed by atoms with Crippen LogP contribution in [0, 0.1) is 12.8 Å². The summed E-state index contributed by atoms with van der Waals surface area (Å²) in [7, 11) is 0. The number of aromatic nitrogens is 2. The second-order valence-electron chi connectivity index (χ2n) is 5.09. The number of nitrogens with one attached hydrogen (secondary N) is 1. The van der Waals surface area contributed by atoms with Crippen LogP contribution >= 0.6 is 0 Å². The molecule has 19 heavy (non-hydrogen) atoms. The lowest BCUT2D eigenvalue weighted by atomic mass is 10.0. The molecule has 0 aliphatic heterocycles. The fourth-order valence-electron chi connectivity index (χ4n) is 2.74. The standard InChI is InChI=1S/C15H18N4/c1-10-17-8-7-14(18-10)15(19-16)13-9-12(13)11-5-3-2-4-6-11/h2-8,12-13,15,19H,9,16H2,1H3. The molecule has 0 spiro atoms. The maximum Gasteiger partial charge on any atom is 0.125 e. The lowest BCUT2D eigenvalue weighted by Gasteiger charge is -2.15. The number of rotatable bonds is 4. The van der Waals surface area contributed by atoms with Crippen LogP contribution < -0.4 is 11.3 Å². The third-order valence-electron chi connectivity index (χ3n) is 3.79. The fourth-order valence-corrected chi connectivity index (χ4v) is 2.74. The predicted molar refractivity (Wildman–Crippen MR) is 74.1 cm³/mol. The van der Waals surface area contributed by atoms with Gasteiger partial charge in [0.25, 0.3) is 0 Å². The molecule has 1 aromatic heterocycles. The molecule has 2 aromatic rings. The normalized spacial score (nSPS) is 23.1. The van der Waals surface area contributed by atoms with Crippen molar-refractivity contribution in [1.29, 1.82) is 0 Å². The molecular weight excluding hydrogens is 236 g/mol. The van der Waals surface area contributed by atoms with E-state index in [-0.39, 0.29) is 6.04 Å². The molecule has 0 saturated heterocycles. The highest BCUT2D eigenvalue weighted by molar-refractivity contribution is 5.28. The Morgan fingerprint density at radius 1 is 1.26 bits per heavy atom. The molecule has 3 atom stereocenters. The maximum atomic E-state index is 5.73. The number of nitrogens with two attached hydrogens (primary N) is 1. The van der Waals surface area contributed by atoms with Gasteiger partial charge in [-0.15, -0.1) is 0 Å². The minimum absolute atomic E-state index is 0.104. The molecule has 1 heterocycles. The molecule has 98 valence electrons. The van der Waals surface area contributed by atoms with E-state index in [0.29, 0.717) is 11.8 Å². The summed E-state index contributed by atoms with van der Waals surface area (Å²) in [5, 5.41) is 0. The van der Waals surface area contributed by atoms with Crippen molar-refractivity contribution in [3.63, 3.8) is 0 Å². The van der Waals surface area contributed by atoms with Crippen molar-refractivity contribution in [3.05, 3.63) is 59.7 Å². The smallest absolute Gasteiger partial charge is 0.125 e. The van der Waals surface area contributed by atoms with Crippen molar-refractivity contribution in [2.45, 2.75) is 25.3 Å². The molecule has 1 saturated carbocycles. The van der Waals surface area contributed by atoms with E-state index in [1.165, 1.54) is 5.56 Å². The van der Waals surface area contributed by atoms with E-state index in [9.17, 15) is 0 Å². The van der Waals surface area contributed by atoms with Gasteiger partial charge in [0.2, 0.25) is 0 Å². The Kier molecular flexibility index (Phi) is 3.27. The first kappa shape index (κ1) is 12.3. The van der Waals surface area contributed by atoms with E-state index in [2.05, 4.69) is 39.7 Å². The van der Waals surface area contributed by atoms with Crippen LogP contribution in [0.4, 0.5) is 0 Å². The number of hydrogen-bond donors (Lipinski definition) is 2. The van der Waals surface area contributed by atoms with Crippen LogP contribution in [-0.2, 0) is 0 Å². The Bertz CT molecular complexity index is 555. The van der Waals surface area contributed by atoms with Gasteiger partial charge in [0.1, 0.15) is 5.82 Å². The average molecular weight is 254 g/mol. The lowest BCUT2D eigenvalue weighted by Crippen LogP contribution is -2.30. The molecule has 1 aromatic carbocycles. The number of nitrogens with zero attached hydrogens (tertiary/aromatic N) is 2. The summed E-state index contributed by atoms with van der Waals surface area (Å²) in [5.74, 6) is 7.61. The van der Waals surface area contributed by atoms with Gasteiger partial charge >= 0.3 is 0 Å². The SMILES string of the molecule is Cc1nccc(C(NN)C2CC2c2ccccc2)n1. The molecule has 1 aliphatic carbocycles. The summed E-state index contributed by atoms with van der Waals surface area (Å²) >= 11 is 0. The second kappa shape index (κ2) is 5.07. The Morgan fingerprint density at radius 3 is 2.74 bits per heavy atom. The summed E-state index contributed by atoms with van der Waals surface area (Å²) in [6.07, 6.45) is 2.95. The Labute approximate surface area is 113 Å². The van der Waals surface area contributed by atoms with Gasteiger partial charge in [-0.3, -0.25) is 11.3 Å². The van der Waals surface area contributed by atoms with Crippen LogP contribution in [0.2, 0.25) is 0 Å². The van der Waals surface area contributed by atoms with Crippen molar-refractivity contribution < 1.29 is 0 Å². The number of hydrogen-bond acceptors (Lipinski definition) is 4. The topological polar surface area (TPSA) is 63.8 Å². The second-order valence-corrected chi connectivity index (χ2v) is 5.09. The Morgan fingerprint density at radius 2 is 2.05 bits per heavy atom. The van der Waals surface area contributed by atoms with E-state index >= 15 is 0 Å². The summed E-state index contributed by atoms with van der Waals surface area (Å²) in [6, 6.07) is 12.6. The van der Waals surface area contributed by atoms with Gasteiger partial charge in [-0.1, -0.05) is 30.3 Å². The quantitative estimate of drug-likeness (QED) is 0.648. The average Bonchev–Trinajstić information content (AvgIpc) is 3.21. The molecule has 3 rings (SSSR count). The maximum absolute atomic E-state index is 5.73. The van der Waals surface area contributed by atoms with Crippen LogP contribution in [-0.4, -0.2) is 9.97 Å². The number of benzene rings is 1. The molecule has 0 amide bonds. The van der Waals surface area contributed by atoms with Gasteiger partial charge in [-0.05, 0) is 36.8 Å². The van der Waals surface area contributed by atoms with E-state index in [4.69, 9.17) is 5.84 Å². The van der Waals surface area contributed by atoms with Gasteiger partial charge in [-0.2, -0.15) is 0 Å². The zero-order valence-corrected chi connectivity index (χ0v) is 11.0. The van der Waals surface area contributed by atoms with Crippen LogP contribution in [0.15, 0.2) is 42.6 Å². The van der Waals surface area contributed by atoms with Crippen LogP contribution in [0.5, 0.6) is 0 Å². The number of aryl methyl sites for hydroxylation is 1. The largest absolute Gasteiger partial charge is 0.271 e. The third-order valence-corrected chi connectivity index (χ3v) is 3.79. The van der Waals surface area contributed by atoms with Gasteiger partial charge < -0.3 is 0 Å². The zero-order chi connectivity index (χ0) is 13.2. The number of hydrazine groups is 1. The summed E-state index contributed by atoms with van der Waals surface area (Å²) < 4.78 is 0. The van der Waals surface area contributed by atoms with E-state index in [0.717, 1.165) is 17.9 Å². The zero-order valence-electron chi connectivity index (χ0n) is 11.0. The predicted octanol–water partition coefficient (Wildman–Crippen LogP) is 2.09. The molecule has 3 N–H and O–H groups in total. The fraction of sp³-hybridized carbons (Fsp3) is 0.333. The molecule has 0 radical (unpaired) electrons. The molecule has 1 aliphatic rings. The lowest BCUT2D eigenvalue weighted by molar-refractivity contribution is 0.474. The molecule has 1 fully saturated rings. The molecule has 3 unspecified atom stereocenters. The Balaban J connectivity index is 1.79. The van der Waals surface area contributed by atoms with Gasteiger partial charge in [0.15, 0.2) is 0 Å². The monoisotopic (exact) mass is 254 g/mol. The molecule has 4 heteroatoms. The third kappa shape index (κ3) is 2.50. The van der Waals surface area contributed by atoms with Gasteiger partial charge in [0.05, 0.1) is 11.7 Å². The van der Waals surface area contributed by atoms with E-state index in [1.54, 1.807) is 6.20 Å². The highest BCUT2D eigenvalue weighted by Crippen LogP contribution is 2.53. The summed E-state index contributed by atoms with van der Waals surface area (Å²) in [5.41, 5.74) is 5.29. The van der Waals surface area contributed by atoms with Crippen molar-refractivity contribution in [1.82, 2.24) is 15.4 Å². The first-order valence-corrected chi connectivity index (χ1v) is 6.60. The van der Waals surface area contributed by atoms with Gasteiger partial charge in [-0.25, -0.2) is 9.97 Å². The van der Waals surface area contributed by atoms with E-state index < -0.39 is 0 Å². The van der Waals surface area contributed by atoms with Crippen molar-refractivity contribution in [2.75, 3.05) is 0 Å².